The Kier molecular flexibility index (Phi) is 6.23. The molecule has 1 aromatic rings. The molecule has 0 saturated carbocycles. The van der Waals surface area contributed by atoms with Crippen molar-refractivity contribution in [3.05, 3.63) is 40.4 Å². The molecule has 1 N–H and O–H groups in total. The maximum Gasteiger partial charge on any atom is 0.416 e. The molecule has 0 aliphatic heterocycles. The number of methoxy groups -OCH3 is 1. The largest absolute Gasteiger partial charge is 0.416 e. The van der Waals surface area contributed by atoms with E-state index < -0.39 is 17.6 Å². The highest BCUT2D eigenvalue weighted by Gasteiger charge is 2.30. The van der Waals surface area contributed by atoms with Crippen LogP contribution in [0.25, 0.3) is 6.08 Å². The fraction of sp³-hybridized carbons (Fsp3) is 0.357. The minimum atomic E-state index is -4.46. The Morgan fingerprint density at radius 3 is 2.71 bits per heavy atom. The van der Waals surface area contributed by atoms with Gasteiger partial charge in [0.25, 0.3) is 0 Å². The summed E-state index contributed by atoms with van der Waals surface area (Å²) in [6.45, 7) is 2.08. The minimum absolute atomic E-state index is 0.126. The van der Waals surface area contributed by atoms with Crippen molar-refractivity contribution < 1.29 is 22.7 Å². The van der Waals surface area contributed by atoms with Crippen LogP contribution in [0.3, 0.4) is 0 Å². The van der Waals surface area contributed by atoms with Crippen molar-refractivity contribution in [2.45, 2.75) is 19.1 Å². The molecule has 0 bridgehead atoms. The summed E-state index contributed by atoms with van der Waals surface area (Å²) >= 11 is 5.81. The Bertz CT molecular complexity index is 529. The number of nitrogens with one attached hydrogen (secondary N) is 1. The zero-order valence-corrected chi connectivity index (χ0v) is 12.3. The summed E-state index contributed by atoms with van der Waals surface area (Å²) in [5.74, 6) is -0.437. The number of ether oxygens (including phenoxy) is 1. The monoisotopic (exact) mass is 321 g/mol. The quantitative estimate of drug-likeness (QED) is 0.843. The van der Waals surface area contributed by atoms with Crippen LogP contribution >= 0.6 is 11.6 Å². The van der Waals surface area contributed by atoms with Gasteiger partial charge in [0.1, 0.15) is 0 Å². The first-order valence-corrected chi connectivity index (χ1v) is 6.46. The first-order valence-electron chi connectivity index (χ1n) is 6.08. The highest BCUT2D eigenvalue weighted by molar-refractivity contribution is 6.32. The predicted octanol–water partition coefficient (Wildman–Crippen LogP) is 3.52. The van der Waals surface area contributed by atoms with Crippen molar-refractivity contribution in [1.82, 2.24) is 5.32 Å². The predicted molar refractivity (Wildman–Crippen MR) is 75.0 cm³/mol. The molecule has 0 aliphatic carbocycles. The number of amides is 1. The van der Waals surface area contributed by atoms with Crippen LogP contribution in [-0.2, 0) is 15.7 Å². The molecule has 1 unspecified atom stereocenters. The summed E-state index contributed by atoms with van der Waals surface area (Å²) in [6.07, 6.45) is -2.08. The summed E-state index contributed by atoms with van der Waals surface area (Å²) in [7, 11) is 1.50. The van der Waals surface area contributed by atoms with E-state index in [9.17, 15) is 18.0 Å². The number of halogens is 4. The van der Waals surface area contributed by atoms with E-state index in [1.54, 1.807) is 6.92 Å². The van der Waals surface area contributed by atoms with Gasteiger partial charge >= 0.3 is 6.18 Å². The number of carbonyl (C=O) groups is 1. The Balaban J connectivity index is 2.82. The van der Waals surface area contributed by atoms with E-state index in [0.717, 1.165) is 24.3 Å². The smallest absolute Gasteiger partial charge is 0.383 e. The summed E-state index contributed by atoms with van der Waals surface area (Å²) in [5, 5.41) is 2.74. The van der Waals surface area contributed by atoms with E-state index in [1.165, 1.54) is 13.2 Å². The number of hydrogen-bond donors (Lipinski definition) is 1. The summed E-state index contributed by atoms with van der Waals surface area (Å²) < 4.78 is 42.6. The first-order chi connectivity index (χ1) is 9.74. The van der Waals surface area contributed by atoms with Gasteiger partial charge in [-0.3, -0.25) is 4.79 Å². The first kappa shape index (κ1) is 17.5. The van der Waals surface area contributed by atoms with Gasteiger partial charge in [-0.2, -0.15) is 13.2 Å². The molecule has 3 nitrogen and oxygen atoms in total. The van der Waals surface area contributed by atoms with Crippen molar-refractivity contribution in [2.24, 2.45) is 0 Å². The summed E-state index contributed by atoms with van der Waals surface area (Å²) in [6, 6.07) is 2.73. The molecule has 1 rings (SSSR count). The second-order valence-corrected chi connectivity index (χ2v) is 4.84. The van der Waals surface area contributed by atoms with Gasteiger partial charge in [-0.05, 0) is 36.8 Å². The molecule has 21 heavy (non-hydrogen) atoms. The lowest BCUT2D eigenvalue weighted by Crippen LogP contribution is -2.34. The maximum absolute atomic E-state index is 12.6. The van der Waals surface area contributed by atoms with Crippen molar-refractivity contribution in [2.75, 3.05) is 13.7 Å². The van der Waals surface area contributed by atoms with Crippen molar-refractivity contribution in [3.8, 4) is 0 Å². The molecule has 1 amide bonds. The normalized spacial score (nSPS) is 13.4. The molecule has 0 aliphatic rings. The topological polar surface area (TPSA) is 38.3 Å². The van der Waals surface area contributed by atoms with Crippen molar-refractivity contribution >= 4 is 23.6 Å². The van der Waals surface area contributed by atoms with Gasteiger partial charge in [0.15, 0.2) is 0 Å². The SMILES string of the molecule is COCC(C)NC(=O)/C=C/c1cc(C(F)(F)F)ccc1Cl. The van der Waals surface area contributed by atoms with E-state index in [4.69, 9.17) is 16.3 Å². The van der Waals surface area contributed by atoms with E-state index >= 15 is 0 Å². The molecular weight excluding hydrogens is 307 g/mol. The number of rotatable bonds is 5. The van der Waals surface area contributed by atoms with Gasteiger partial charge in [-0.15, -0.1) is 0 Å². The van der Waals surface area contributed by atoms with Crippen LogP contribution in [0.1, 0.15) is 18.1 Å². The highest BCUT2D eigenvalue weighted by Crippen LogP contribution is 2.32. The van der Waals surface area contributed by atoms with E-state index in [2.05, 4.69) is 5.32 Å². The standard InChI is InChI=1S/C14H15ClF3NO2/c1-9(8-21-2)19-13(20)6-3-10-7-11(14(16,17)18)4-5-12(10)15/h3-7,9H,8H2,1-2H3,(H,19,20)/b6-3+. The highest BCUT2D eigenvalue weighted by atomic mass is 35.5. The molecule has 0 saturated heterocycles. The molecule has 0 spiro atoms. The van der Waals surface area contributed by atoms with Crippen LogP contribution in [0, 0.1) is 0 Å². The molecule has 0 aromatic heterocycles. The van der Waals surface area contributed by atoms with Crippen LogP contribution in [0.15, 0.2) is 24.3 Å². The van der Waals surface area contributed by atoms with Crippen LogP contribution in [0.2, 0.25) is 5.02 Å². The Morgan fingerprint density at radius 2 is 2.14 bits per heavy atom. The van der Waals surface area contributed by atoms with Gasteiger partial charge in [0.05, 0.1) is 12.2 Å². The average molecular weight is 322 g/mol. The van der Waals surface area contributed by atoms with E-state index in [-0.39, 0.29) is 16.6 Å². The van der Waals surface area contributed by atoms with E-state index in [1.807, 2.05) is 0 Å². The van der Waals surface area contributed by atoms with Gasteiger partial charge in [0.2, 0.25) is 5.91 Å². The van der Waals surface area contributed by atoms with Gasteiger partial charge in [-0.25, -0.2) is 0 Å². The van der Waals surface area contributed by atoms with Gasteiger partial charge in [0, 0.05) is 24.3 Å². The van der Waals surface area contributed by atoms with Gasteiger partial charge in [-0.1, -0.05) is 11.6 Å². The third-order valence-corrected chi connectivity index (χ3v) is 2.89. The molecule has 1 atom stereocenters. The number of carbonyl (C=O) groups excluding carboxylic acids is 1. The molecule has 0 radical (unpaired) electrons. The zero-order chi connectivity index (χ0) is 16.0. The van der Waals surface area contributed by atoms with E-state index in [0.29, 0.717) is 6.61 Å². The number of benzene rings is 1. The van der Waals surface area contributed by atoms with Crippen LogP contribution in [0.5, 0.6) is 0 Å². The lowest BCUT2D eigenvalue weighted by molar-refractivity contribution is -0.137. The Labute approximate surface area is 125 Å². The summed E-state index contributed by atoms with van der Waals surface area (Å²) in [4.78, 5) is 11.6. The second kappa shape index (κ2) is 7.47. The molecule has 7 heteroatoms. The number of hydrogen-bond acceptors (Lipinski definition) is 2. The fourth-order valence-electron chi connectivity index (χ4n) is 1.60. The van der Waals surface area contributed by atoms with Crippen LogP contribution < -0.4 is 5.32 Å². The van der Waals surface area contributed by atoms with Crippen molar-refractivity contribution in [3.63, 3.8) is 0 Å². The maximum atomic E-state index is 12.6. The van der Waals surface area contributed by atoms with Gasteiger partial charge < -0.3 is 10.1 Å². The molecule has 116 valence electrons. The average Bonchev–Trinajstić information content (AvgIpc) is 2.36. The Hall–Kier alpha value is -1.53. The third kappa shape index (κ3) is 5.77. The number of alkyl halides is 3. The third-order valence-electron chi connectivity index (χ3n) is 2.54. The second-order valence-electron chi connectivity index (χ2n) is 4.43. The molecule has 1 aromatic carbocycles. The molecular formula is C14H15ClF3NO2. The fourth-order valence-corrected chi connectivity index (χ4v) is 1.78. The molecule has 0 heterocycles. The lowest BCUT2D eigenvalue weighted by atomic mass is 10.1. The molecule has 0 fully saturated rings. The van der Waals surface area contributed by atoms with Crippen molar-refractivity contribution in [1.29, 1.82) is 0 Å². The Morgan fingerprint density at radius 1 is 1.48 bits per heavy atom. The van der Waals surface area contributed by atoms with Crippen LogP contribution in [0.4, 0.5) is 13.2 Å². The van der Waals surface area contributed by atoms with Crippen LogP contribution in [-0.4, -0.2) is 25.7 Å². The lowest BCUT2D eigenvalue weighted by Gasteiger charge is -2.11. The minimum Gasteiger partial charge on any atom is -0.383 e. The zero-order valence-electron chi connectivity index (χ0n) is 11.5. The summed E-state index contributed by atoms with van der Waals surface area (Å²) in [5.41, 5.74) is -0.694.